The summed E-state index contributed by atoms with van der Waals surface area (Å²) in [6.07, 6.45) is 5.24. The molecule has 0 spiro atoms. The second-order valence-electron chi connectivity index (χ2n) is 7.64. The van der Waals surface area contributed by atoms with Gasteiger partial charge in [0, 0.05) is 24.5 Å². The van der Waals surface area contributed by atoms with E-state index >= 15 is 0 Å². The van der Waals surface area contributed by atoms with E-state index in [2.05, 4.69) is 21.5 Å². The number of hydrazone groups is 1. The minimum absolute atomic E-state index is 0.0450. The van der Waals surface area contributed by atoms with Gasteiger partial charge in [-0.15, -0.1) is 0 Å². The zero-order chi connectivity index (χ0) is 20.8. The molecular formula is C22H22N6O. The monoisotopic (exact) mass is 386 g/mol. The molecule has 0 saturated carbocycles. The number of nitrogens with zero attached hydrogens (tertiary/aromatic N) is 5. The van der Waals surface area contributed by atoms with Crippen LogP contribution in [0.2, 0.25) is 0 Å². The Bertz CT molecular complexity index is 1200. The summed E-state index contributed by atoms with van der Waals surface area (Å²) >= 11 is 0. The molecule has 0 fully saturated rings. The topological polar surface area (TPSA) is 85.8 Å². The number of carbonyl (C=O) groups is 1. The van der Waals surface area contributed by atoms with Crippen molar-refractivity contribution in [3.05, 3.63) is 64.6 Å². The number of hydrogen-bond acceptors (Lipinski definition) is 5. The van der Waals surface area contributed by atoms with Gasteiger partial charge in [0.05, 0.1) is 17.3 Å². The molecular weight excluding hydrogens is 364 g/mol. The lowest BCUT2D eigenvalue weighted by atomic mass is 9.93. The van der Waals surface area contributed by atoms with Gasteiger partial charge in [-0.25, -0.2) is 9.99 Å². The van der Waals surface area contributed by atoms with E-state index in [1.807, 2.05) is 56.4 Å². The van der Waals surface area contributed by atoms with E-state index in [1.165, 1.54) is 0 Å². The van der Waals surface area contributed by atoms with Crippen LogP contribution in [-0.4, -0.2) is 28.1 Å². The molecule has 3 aromatic rings. The Morgan fingerprint density at radius 2 is 2.17 bits per heavy atom. The molecule has 4 rings (SSSR count). The average Bonchev–Trinajstić information content (AvgIpc) is 3.14. The number of nitrogens with one attached hydrogen (secondary N) is 1. The number of fused-ring (bicyclic) bond motifs is 2. The molecule has 146 valence electrons. The molecule has 0 radical (unpaired) electrons. The van der Waals surface area contributed by atoms with Crippen LogP contribution >= 0.6 is 0 Å². The first kappa shape index (κ1) is 18.7. The van der Waals surface area contributed by atoms with Crippen LogP contribution in [0, 0.1) is 18.3 Å². The van der Waals surface area contributed by atoms with Crippen LogP contribution in [-0.2, 0) is 5.54 Å². The van der Waals surface area contributed by atoms with E-state index < -0.39 is 5.54 Å². The summed E-state index contributed by atoms with van der Waals surface area (Å²) in [5.41, 5.74) is 4.52. The maximum absolute atomic E-state index is 12.1. The molecule has 1 aliphatic rings. The summed E-state index contributed by atoms with van der Waals surface area (Å²) in [5, 5.41) is 18.8. The standard InChI is InChI=1S/C22H22N6O/c1-5-28(20-18-10-14(2)19(12-23)27(18)9-8-24-20)25-13-15-6-7-16-17(11-15)22(3,4)26-21(16)29/h6-11,13H,5H2,1-4H3,(H,26,29)/b25-13+. The van der Waals surface area contributed by atoms with E-state index in [-0.39, 0.29) is 5.91 Å². The first-order valence-corrected chi connectivity index (χ1v) is 9.51. The molecule has 0 aliphatic carbocycles. The average molecular weight is 386 g/mol. The largest absolute Gasteiger partial charge is 0.343 e. The SMILES string of the molecule is CCN(/N=C/c1ccc2c(c1)C(C)(C)NC2=O)c1nccn2c(C#N)c(C)cc12. The zero-order valence-corrected chi connectivity index (χ0v) is 16.9. The first-order chi connectivity index (χ1) is 13.9. The lowest BCUT2D eigenvalue weighted by Gasteiger charge is -2.19. The first-order valence-electron chi connectivity index (χ1n) is 9.51. The Hall–Kier alpha value is -3.66. The minimum atomic E-state index is -0.398. The van der Waals surface area contributed by atoms with Crippen LogP contribution in [0.15, 0.2) is 41.8 Å². The van der Waals surface area contributed by atoms with Crippen molar-refractivity contribution in [3.63, 3.8) is 0 Å². The number of aromatic nitrogens is 2. The Kier molecular flexibility index (Phi) is 4.35. The molecule has 7 heteroatoms. The fourth-order valence-electron chi connectivity index (χ4n) is 3.76. The summed E-state index contributed by atoms with van der Waals surface area (Å²) in [6, 6.07) is 9.91. The number of amides is 1. The van der Waals surface area contributed by atoms with Crippen LogP contribution in [0.4, 0.5) is 5.82 Å². The van der Waals surface area contributed by atoms with E-state index in [9.17, 15) is 10.1 Å². The summed E-state index contributed by atoms with van der Waals surface area (Å²) in [6.45, 7) is 8.50. The fourth-order valence-corrected chi connectivity index (χ4v) is 3.76. The van der Waals surface area contributed by atoms with Crippen LogP contribution in [0.25, 0.3) is 5.52 Å². The van der Waals surface area contributed by atoms with Crippen LogP contribution < -0.4 is 10.3 Å². The van der Waals surface area contributed by atoms with Crippen molar-refractivity contribution in [3.8, 4) is 6.07 Å². The lowest BCUT2D eigenvalue weighted by molar-refractivity contribution is 0.0940. The third kappa shape index (κ3) is 3.03. The number of rotatable bonds is 4. The number of anilines is 1. The van der Waals surface area contributed by atoms with E-state index in [0.717, 1.165) is 22.2 Å². The molecule has 0 atom stereocenters. The maximum Gasteiger partial charge on any atom is 0.252 e. The van der Waals surface area contributed by atoms with Gasteiger partial charge in [0.1, 0.15) is 11.8 Å². The minimum Gasteiger partial charge on any atom is -0.343 e. The molecule has 1 aromatic carbocycles. The van der Waals surface area contributed by atoms with Gasteiger partial charge in [0.2, 0.25) is 0 Å². The molecule has 1 N–H and O–H groups in total. The van der Waals surface area contributed by atoms with Crippen molar-refractivity contribution in [1.29, 1.82) is 5.26 Å². The predicted octanol–water partition coefficient (Wildman–Crippen LogP) is 3.35. The van der Waals surface area contributed by atoms with Crippen molar-refractivity contribution in [2.75, 3.05) is 11.6 Å². The third-order valence-corrected chi connectivity index (χ3v) is 5.25. The zero-order valence-electron chi connectivity index (χ0n) is 16.9. The van der Waals surface area contributed by atoms with Gasteiger partial charge in [-0.1, -0.05) is 6.07 Å². The Labute approximate surface area is 169 Å². The summed E-state index contributed by atoms with van der Waals surface area (Å²) < 4.78 is 1.84. The number of benzene rings is 1. The van der Waals surface area contributed by atoms with Crippen LogP contribution in [0.5, 0.6) is 0 Å². The van der Waals surface area contributed by atoms with Crippen molar-refractivity contribution >= 4 is 23.5 Å². The molecule has 2 aromatic heterocycles. The lowest BCUT2D eigenvalue weighted by Crippen LogP contribution is -2.32. The molecule has 1 amide bonds. The predicted molar refractivity (Wildman–Crippen MR) is 112 cm³/mol. The fraction of sp³-hybridized carbons (Fsp3) is 0.273. The quantitative estimate of drug-likeness (QED) is 0.550. The van der Waals surface area contributed by atoms with Gasteiger partial charge < -0.3 is 9.72 Å². The molecule has 0 unspecified atom stereocenters. The highest BCUT2D eigenvalue weighted by Crippen LogP contribution is 2.31. The van der Waals surface area contributed by atoms with Gasteiger partial charge >= 0.3 is 0 Å². The molecule has 0 bridgehead atoms. The van der Waals surface area contributed by atoms with Crippen molar-refractivity contribution in [1.82, 2.24) is 14.7 Å². The second-order valence-corrected chi connectivity index (χ2v) is 7.64. The summed E-state index contributed by atoms with van der Waals surface area (Å²) in [4.78, 5) is 16.6. The van der Waals surface area contributed by atoms with Gasteiger partial charge in [-0.2, -0.15) is 10.4 Å². The number of carbonyl (C=O) groups excluding carboxylic acids is 1. The Morgan fingerprint density at radius 1 is 1.38 bits per heavy atom. The molecule has 3 heterocycles. The van der Waals surface area contributed by atoms with Crippen molar-refractivity contribution in [2.45, 2.75) is 33.2 Å². The van der Waals surface area contributed by atoms with E-state index in [4.69, 9.17) is 0 Å². The van der Waals surface area contributed by atoms with Crippen LogP contribution in [0.3, 0.4) is 0 Å². The number of aryl methyl sites for hydroxylation is 1. The summed E-state index contributed by atoms with van der Waals surface area (Å²) in [7, 11) is 0. The molecule has 29 heavy (non-hydrogen) atoms. The van der Waals surface area contributed by atoms with Gasteiger partial charge in [-0.05, 0) is 62.6 Å². The highest BCUT2D eigenvalue weighted by Gasteiger charge is 2.34. The second kappa shape index (κ2) is 6.74. The van der Waals surface area contributed by atoms with Crippen LogP contribution in [0.1, 0.15) is 53.5 Å². The summed E-state index contributed by atoms with van der Waals surface area (Å²) in [5.74, 6) is 0.644. The molecule has 1 aliphatic heterocycles. The third-order valence-electron chi connectivity index (χ3n) is 5.25. The van der Waals surface area contributed by atoms with E-state index in [1.54, 1.807) is 23.6 Å². The number of hydrogen-bond donors (Lipinski definition) is 1. The number of nitriles is 1. The van der Waals surface area contributed by atoms with Gasteiger partial charge in [0.15, 0.2) is 5.82 Å². The van der Waals surface area contributed by atoms with E-state index in [0.29, 0.717) is 23.6 Å². The van der Waals surface area contributed by atoms with Gasteiger partial charge in [0.25, 0.3) is 5.91 Å². The Balaban J connectivity index is 1.71. The highest BCUT2D eigenvalue weighted by molar-refractivity contribution is 6.00. The smallest absolute Gasteiger partial charge is 0.252 e. The van der Waals surface area contributed by atoms with Crippen molar-refractivity contribution in [2.24, 2.45) is 5.10 Å². The molecule has 0 saturated heterocycles. The normalized spacial score (nSPS) is 14.8. The van der Waals surface area contributed by atoms with Crippen molar-refractivity contribution < 1.29 is 4.79 Å². The van der Waals surface area contributed by atoms with Gasteiger partial charge in [-0.3, -0.25) is 4.79 Å². The molecule has 7 nitrogen and oxygen atoms in total. The highest BCUT2D eigenvalue weighted by atomic mass is 16.2. The maximum atomic E-state index is 12.1. The Morgan fingerprint density at radius 3 is 2.90 bits per heavy atom.